The van der Waals surface area contributed by atoms with E-state index in [9.17, 15) is 0 Å². The minimum atomic E-state index is 1.08. The summed E-state index contributed by atoms with van der Waals surface area (Å²) in [7, 11) is 0. The molecule has 0 saturated carbocycles. The number of para-hydroxylation sites is 1. The molecule has 0 atom stereocenters. The molecule has 1 N–H and O–H groups in total. The van der Waals surface area contributed by atoms with Crippen LogP contribution in [0.5, 0.6) is 0 Å². The first kappa shape index (κ1) is 13.6. The molecular formula is C16H23N. The van der Waals surface area contributed by atoms with E-state index >= 15 is 0 Å². The van der Waals surface area contributed by atoms with Crippen molar-refractivity contribution in [3.8, 4) is 0 Å². The molecule has 0 radical (unpaired) electrons. The van der Waals surface area contributed by atoms with Gasteiger partial charge in [-0.2, -0.15) is 0 Å². The van der Waals surface area contributed by atoms with E-state index in [0.717, 1.165) is 12.8 Å². The molecule has 0 amide bonds. The molecule has 2 aromatic rings. The van der Waals surface area contributed by atoms with Gasteiger partial charge in [0.25, 0.3) is 0 Å². The van der Waals surface area contributed by atoms with Crippen molar-refractivity contribution in [1.29, 1.82) is 0 Å². The highest BCUT2D eigenvalue weighted by Crippen LogP contribution is 2.23. The average Bonchev–Trinajstić information content (AvgIpc) is 2.76. The number of rotatable bonds is 3. The summed E-state index contributed by atoms with van der Waals surface area (Å²) >= 11 is 0. The Kier molecular flexibility index (Phi) is 5.55. The highest BCUT2D eigenvalue weighted by Gasteiger charge is 2.05. The Morgan fingerprint density at radius 3 is 2.47 bits per heavy atom. The molecular weight excluding hydrogens is 206 g/mol. The van der Waals surface area contributed by atoms with Crippen molar-refractivity contribution in [1.82, 2.24) is 4.98 Å². The van der Waals surface area contributed by atoms with Gasteiger partial charge in [-0.15, -0.1) is 0 Å². The third-order valence-corrected chi connectivity index (χ3v) is 2.72. The highest BCUT2D eigenvalue weighted by molar-refractivity contribution is 5.87. The quantitative estimate of drug-likeness (QED) is 0.746. The van der Waals surface area contributed by atoms with Gasteiger partial charge in [0.05, 0.1) is 0 Å². The zero-order valence-corrected chi connectivity index (χ0v) is 11.4. The molecule has 92 valence electrons. The van der Waals surface area contributed by atoms with E-state index in [1.165, 1.54) is 22.2 Å². The van der Waals surface area contributed by atoms with Crippen LogP contribution >= 0.6 is 0 Å². The van der Waals surface area contributed by atoms with Gasteiger partial charge in [0.2, 0.25) is 0 Å². The zero-order chi connectivity index (χ0) is 12.7. The van der Waals surface area contributed by atoms with Crippen molar-refractivity contribution < 1.29 is 0 Å². The SMILES string of the molecule is CC.CC/C=C\c1[nH]c2ccccc2c1CC. The van der Waals surface area contributed by atoms with Crippen molar-refractivity contribution in [2.24, 2.45) is 0 Å². The second-order valence-corrected chi connectivity index (χ2v) is 3.73. The summed E-state index contributed by atoms with van der Waals surface area (Å²) in [6.07, 6.45) is 6.55. The van der Waals surface area contributed by atoms with E-state index in [-0.39, 0.29) is 0 Å². The van der Waals surface area contributed by atoms with Gasteiger partial charge in [0, 0.05) is 16.6 Å². The van der Waals surface area contributed by atoms with Crippen molar-refractivity contribution in [3.63, 3.8) is 0 Å². The lowest BCUT2D eigenvalue weighted by molar-refractivity contribution is 1.14. The van der Waals surface area contributed by atoms with Gasteiger partial charge in [-0.25, -0.2) is 0 Å². The van der Waals surface area contributed by atoms with Gasteiger partial charge >= 0.3 is 0 Å². The van der Waals surface area contributed by atoms with Crippen LogP contribution in [0.1, 0.15) is 45.4 Å². The van der Waals surface area contributed by atoms with Crippen molar-refractivity contribution >= 4 is 17.0 Å². The van der Waals surface area contributed by atoms with E-state index in [1.54, 1.807) is 0 Å². The van der Waals surface area contributed by atoms with Crippen LogP contribution in [-0.4, -0.2) is 4.98 Å². The van der Waals surface area contributed by atoms with Crippen LogP contribution in [0.3, 0.4) is 0 Å². The maximum atomic E-state index is 3.46. The van der Waals surface area contributed by atoms with Crippen LogP contribution < -0.4 is 0 Å². The Bertz CT molecular complexity index is 477. The van der Waals surface area contributed by atoms with Crippen LogP contribution in [0.4, 0.5) is 0 Å². The molecule has 0 aliphatic rings. The lowest BCUT2D eigenvalue weighted by Gasteiger charge is -1.95. The minimum Gasteiger partial charge on any atom is -0.355 e. The third-order valence-electron chi connectivity index (χ3n) is 2.72. The summed E-state index contributed by atoms with van der Waals surface area (Å²) in [5.74, 6) is 0. The summed E-state index contributed by atoms with van der Waals surface area (Å²) in [5, 5.41) is 1.36. The van der Waals surface area contributed by atoms with E-state index in [4.69, 9.17) is 0 Å². The standard InChI is InChI=1S/C14H17N.C2H6/c1-3-5-9-13-11(4-2)12-8-6-7-10-14(12)15-13;1-2/h5-10,15H,3-4H2,1-2H3;1-2H3/b9-5-;. The van der Waals surface area contributed by atoms with Crippen molar-refractivity contribution in [2.75, 3.05) is 0 Å². The molecule has 1 heteroatoms. The van der Waals surface area contributed by atoms with Crippen LogP contribution in [0.2, 0.25) is 0 Å². The van der Waals surface area contributed by atoms with Crippen molar-refractivity contribution in [2.45, 2.75) is 40.5 Å². The second kappa shape index (κ2) is 6.95. The minimum absolute atomic E-state index is 1.08. The Balaban J connectivity index is 0.000000686. The molecule has 1 nitrogen and oxygen atoms in total. The van der Waals surface area contributed by atoms with E-state index in [2.05, 4.69) is 55.2 Å². The van der Waals surface area contributed by atoms with Crippen LogP contribution in [0.25, 0.3) is 17.0 Å². The largest absolute Gasteiger partial charge is 0.355 e. The molecule has 17 heavy (non-hydrogen) atoms. The normalized spacial score (nSPS) is 10.6. The molecule has 0 unspecified atom stereocenters. The van der Waals surface area contributed by atoms with E-state index in [0.29, 0.717) is 0 Å². The number of fused-ring (bicyclic) bond motifs is 1. The molecule has 0 saturated heterocycles. The third kappa shape index (κ3) is 3.00. The average molecular weight is 229 g/mol. The molecule has 1 aromatic carbocycles. The summed E-state index contributed by atoms with van der Waals surface area (Å²) in [4.78, 5) is 3.46. The fourth-order valence-corrected chi connectivity index (χ4v) is 1.98. The number of H-pyrrole nitrogens is 1. The molecule has 0 aliphatic heterocycles. The fourth-order valence-electron chi connectivity index (χ4n) is 1.98. The molecule has 1 aromatic heterocycles. The number of aryl methyl sites for hydroxylation is 1. The maximum Gasteiger partial charge on any atom is 0.0461 e. The molecule has 0 aliphatic carbocycles. The number of aromatic amines is 1. The van der Waals surface area contributed by atoms with Gasteiger partial charge in [-0.1, -0.05) is 52.0 Å². The number of aromatic nitrogens is 1. The first-order valence-electron chi connectivity index (χ1n) is 6.63. The zero-order valence-electron chi connectivity index (χ0n) is 11.4. The number of hydrogen-bond donors (Lipinski definition) is 1. The summed E-state index contributed by atoms with van der Waals surface area (Å²) in [5.41, 5.74) is 3.93. The van der Waals surface area contributed by atoms with Gasteiger partial charge in [-0.05, 0) is 30.5 Å². The van der Waals surface area contributed by atoms with Crippen molar-refractivity contribution in [3.05, 3.63) is 41.6 Å². The van der Waals surface area contributed by atoms with Crippen LogP contribution in [0.15, 0.2) is 30.3 Å². The van der Waals surface area contributed by atoms with Crippen LogP contribution in [0, 0.1) is 0 Å². The summed E-state index contributed by atoms with van der Waals surface area (Å²) in [6.45, 7) is 8.36. The van der Waals surface area contributed by atoms with Gasteiger partial charge in [0.15, 0.2) is 0 Å². The molecule has 1 heterocycles. The molecule has 0 fully saturated rings. The lowest BCUT2D eigenvalue weighted by atomic mass is 10.1. The molecule has 2 rings (SSSR count). The molecule has 0 spiro atoms. The Morgan fingerprint density at radius 2 is 1.82 bits per heavy atom. The number of hydrogen-bond acceptors (Lipinski definition) is 0. The van der Waals surface area contributed by atoms with Gasteiger partial charge < -0.3 is 4.98 Å². The summed E-state index contributed by atoms with van der Waals surface area (Å²) < 4.78 is 0. The topological polar surface area (TPSA) is 15.8 Å². The monoisotopic (exact) mass is 229 g/mol. The molecule has 0 bridgehead atoms. The summed E-state index contributed by atoms with van der Waals surface area (Å²) in [6, 6.07) is 8.50. The first-order chi connectivity index (χ1) is 8.36. The maximum absolute atomic E-state index is 3.46. The van der Waals surface area contributed by atoms with Crippen LogP contribution in [-0.2, 0) is 6.42 Å². The smallest absolute Gasteiger partial charge is 0.0461 e. The number of allylic oxidation sites excluding steroid dienone is 1. The van der Waals surface area contributed by atoms with Gasteiger partial charge in [0.1, 0.15) is 0 Å². The van der Waals surface area contributed by atoms with E-state index in [1.807, 2.05) is 13.8 Å². The highest BCUT2D eigenvalue weighted by atomic mass is 14.7. The number of benzene rings is 1. The Morgan fingerprint density at radius 1 is 1.12 bits per heavy atom. The Labute approximate surface area is 105 Å². The Hall–Kier alpha value is -1.50. The second-order valence-electron chi connectivity index (χ2n) is 3.73. The predicted octanol–water partition coefficient (Wildman–Crippen LogP) is 5.18. The predicted molar refractivity (Wildman–Crippen MR) is 78.3 cm³/mol. The van der Waals surface area contributed by atoms with E-state index < -0.39 is 0 Å². The fraction of sp³-hybridized carbons (Fsp3) is 0.375. The van der Waals surface area contributed by atoms with Gasteiger partial charge in [-0.3, -0.25) is 0 Å². The number of nitrogens with one attached hydrogen (secondary N) is 1. The lowest BCUT2D eigenvalue weighted by Crippen LogP contribution is -1.81. The first-order valence-corrected chi connectivity index (χ1v) is 6.63.